The van der Waals surface area contributed by atoms with E-state index in [0.29, 0.717) is 19.3 Å². The van der Waals surface area contributed by atoms with Crippen LogP contribution in [0.3, 0.4) is 0 Å². The topological polar surface area (TPSA) is 78.9 Å². The van der Waals surface area contributed by atoms with Gasteiger partial charge in [-0.1, -0.05) is 273 Å². The van der Waals surface area contributed by atoms with Crippen molar-refractivity contribution in [3.8, 4) is 0 Å². The van der Waals surface area contributed by atoms with Gasteiger partial charge in [0.1, 0.15) is 13.2 Å². The minimum absolute atomic E-state index is 0.0647. The van der Waals surface area contributed by atoms with Crippen LogP contribution >= 0.6 is 0 Å². The third-order valence-electron chi connectivity index (χ3n) is 12.9. The Kier molecular flexibility index (Phi) is 47.1. The van der Waals surface area contributed by atoms with E-state index in [1.54, 1.807) is 0 Å². The molecule has 0 unspecified atom stereocenters. The highest BCUT2D eigenvalue weighted by Crippen LogP contribution is 2.18. The number of hydrogen-bond acceptors (Lipinski definition) is 6. The van der Waals surface area contributed by atoms with Crippen LogP contribution in [0.5, 0.6) is 0 Å². The van der Waals surface area contributed by atoms with Crippen LogP contribution in [0, 0.1) is 17.8 Å². The van der Waals surface area contributed by atoms with E-state index < -0.39 is 6.10 Å². The van der Waals surface area contributed by atoms with Gasteiger partial charge in [0.15, 0.2) is 6.10 Å². The van der Waals surface area contributed by atoms with Crippen LogP contribution in [0.4, 0.5) is 0 Å². The molecule has 0 aromatic carbocycles. The molecule has 0 rings (SSSR count). The summed E-state index contributed by atoms with van der Waals surface area (Å²) in [7, 11) is 0. The van der Waals surface area contributed by atoms with Gasteiger partial charge in [0, 0.05) is 19.3 Å². The third-order valence-corrected chi connectivity index (χ3v) is 12.9. The van der Waals surface area contributed by atoms with Crippen molar-refractivity contribution >= 4 is 17.9 Å². The highest BCUT2D eigenvalue weighted by atomic mass is 16.6. The number of carbonyl (C=O) groups excluding carboxylic acids is 3. The minimum Gasteiger partial charge on any atom is -0.462 e. The monoisotopic (exact) mass is 891 g/mol. The predicted octanol–water partition coefficient (Wildman–Crippen LogP) is 18.3. The van der Waals surface area contributed by atoms with Gasteiger partial charge in [0.2, 0.25) is 0 Å². The highest BCUT2D eigenvalue weighted by Gasteiger charge is 2.19. The second kappa shape index (κ2) is 48.3. The van der Waals surface area contributed by atoms with Crippen molar-refractivity contribution < 1.29 is 28.6 Å². The molecule has 0 aliphatic rings. The van der Waals surface area contributed by atoms with E-state index >= 15 is 0 Å². The maximum Gasteiger partial charge on any atom is 0.306 e. The van der Waals surface area contributed by atoms with Crippen molar-refractivity contribution in [2.75, 3.05) is 13.2 Å². The summed E-state index contributed by atoms with van der Waals surface area (Å²) in [6, 6.07) is 0. The smallest absolute Gasteiger partial charge is 0.306 e. The average Bonchev–Trinajstić information content (AvgIpc) is 3.24. The van der Waals surface area contributed by atoms with E-state index in [1.807, 2.05) is 0 Å². The molecule has 63 heavy (non-hydrogen) atoms. The quantitative estimate of drug-likeness (QED) is 0.0344. The summed E-state index contributed by atoms with van der Waals surface area (Å²) in [4.78, 5) is 38.0. The van der Waals surface area contributed by atoms with Gasteiger partial charge in [-0.25, -0.2) is 0 Å². The molecule has 0 fully saturated rings. The molecular weight excluding hydrogens is 781 g/mol. The second-order valence-electron chi connectivity index (χ2n) is 21.0. The first-order chi connectivity index (χ1) is 30.6. The molecule has 0 saturated carbocycles. The molecule has 374 valence electrons. The zero-order chi connectivity index (χ0) is 46.3. The molecule has 0 spiro atoms. The maximum absolute atomic E-state index is 12.8. The lowest BCUT2D eigenvalue weighted by atomic mass is 10.0. The molecule has 0 N–H and O–H groups in total. The van der Waals surface area contributed by atoms with Gasteiger partial charge in [-0.3, -0.25) is 14.4 Å². The Bertz CT molecular complexity index is 976. The zero-order valence-electron chi connectivity index (χ0n) is 43.4. The molecule has 0 aliphatic carbocycles. The Hall–Kier alpha value is -1.59. The van der Waals surface area contributed by atoms with E-state index in [1.165, 1.54) is 193 Å². The Morgan fingerprint density at radius 1 is 0.270 bits per heavy atom. The number of carbonyl (C=O) groups is 3. The first-order valence-corrected chi connectivity index (χ1v) is 28.1. The summed E-state index contributed by atoms with van der Waals surface area (Å²) in [5.74, 6) is 1.60. The number of hydrogen-bond donors (Lipinski definition) is 0. The van der Waals surface area contributed by atoms with Crippen molar-refractivity contribution in [1.82, 2.24) is 0 Å². The second-order valence-corrected chi connectivity index (χ2v) is 21.0. The SMILES string of the molecule is CC(C)CCCCCCCCCCCCCCCCCCCCC(=O)O[C@@H](COC(=O)CCCCCCCCCCCCCCC(C)C)COC(=O)CCCCCCCCC(C)C. The fourth-order valence-corrected chi connectivity index (χ4v) is 8.65. The van der Waals surface area contributed by atoms with Crippen LogP contribution in [0.15, 0.2) is 0 Å². The Balaban J connectivity index is 4.21. The summed E-state index contributed by atoms with van der Waals surface area (Å²) < 4.78 is 16.8. The number of ether oxygens (including phenoxy) is 3. The van der Waals surface area contributed by atoms with E-state index in [2.05, 4.69) is 41.5 Å². The van der Waals surface area contributed by atoms with Crippen molar-refractivity contribution in [2.24, 2.45) is 17.8 Å². The molecule has 0 aromatic rings. The number of rotatable bonds is 50. The van der Waals surface area contributed by atoms with Crippen molar-refractivity contribution in [3.63, 3.8) is 0 Å². The number of esters is 3. The molecular formula is C57H110O6. The van der Waals surface area contributed by atoms with Crippen molar-refractivity contribution in [2.45, 2.75) is 317 Å². The molecule has 0 aliphatic heterocycles. The fourth-order valence-electron chi connectivity index (χ4n) is 8.65. The normalized spacial score (nSPS) is 12.1. The van der Waals surface area contributed by atoms with E-state index in [4.69, 9.17) is 14.2 Å². The van der Waals surface area contributed by atoms with E-state index in [9.17, 15) is 14.4 Å². The van der Waals surface area contributed by atoms with Crippen LogP contribution < -0.4 is 0 Å². The van der Waals surface area contributed by atoms with Gasteiger partial charge in [0.25, 0.3) is 0 Å². The maximum atomic E-state index is 12.8. The Morgan fingerprint density at radius 3 is 0.683 bits per heavy atom. The minimum atomic E-state index is -0.763. The van der Waals surface area contributed by atoms with Gasteiger partial charge in [-0.15, -0.1) is 0 Å². The largest absolute Gasteiger partial charge is 0.462 e. The Labute approximate surface area is 393 Å². The summed E-state index contributed by atoms with van der Waals surface area (Å²) >= 11 is 0. The fraction of sp³-hybridized carbons (Fsp3) is 0.947. The summed E-state index contributed by atoms with van der Waals surface area (Å²) in [5, 5.41) is 0. The van der Waals surface area contributed by atoms with Gasteiger partial charge in [-0.05, 0) is 37.0 Å². The zero-order valence-corrected chi connectivity index (χ0v) is 43.4. The summed E-state index contributed by atoms with van der Waals surface area (Å²) in [5.41, 5.74) is 0. The van der Waals surface area contributed by atoms with Gasteiger partial charge in [-0.2, -0.15) is 0 Å². The van der Waals surface area contributed by atoms with Crippen LogP contribution in [-0.4, -0.2) is 37.2 Å². The molecule has 0 bridgehead atoms. The van der Waals surface area contributed by atoms with E-state index in [0.717, 1.165) is 75.5 Å². The lowest BCUT2D eigenvalue weighted by Crippen LogP contribution is -2.30. The van der Waals surface area contributed by atoms with Crippen LogP contribution in [0.2, 0.25) is 0 Å². The van der Waals surface area contributed by atoms with Crippen molar-refractivity contribution in [1.29, 1.82) is 0 Å². The lowest BCUT2D eigenvalue weighted by Gasteiger charge is -2.18. The Morgan fingerprint density at radius 2 is 0.460 bits per heavy atom. The summed E-state index contributed by atoms with van der Waals surface area (Å²) in [6.07, 6.45) is 49.7. The van der Waals surface area contributed by atoms with Crippen molar-refractivity contribution in [3.05, 3.63) is 0 Å². The van der Waals surface area contributed by atoms with Crippen LogP contribution in [0.25, 0.3) is 0 Å². The highest BCUT2D eigenvalue weighted by molar-refractivity contribution is 5.71. The molecule has 6 nitrogen and oxygen atoms in total. The van der Waals surface area contributed by atoms with Crippen LogP contribution in [0.1, 0.15) is 311 Å². The predicted molar refractivity (Wildman–Crippen MR) is 270 cm³/mol. The molecule has 0 saturated heterocycles. The average molecular weight is 892 g/mol. The molecule has 0 amide bonds. The molecule has 0 heterocycles. The standard InChI is InChI=1S/C57H110O6/c1-51(2)43-37-31-25-21-17-13-11-9-7-8-10-12-14-20-24-28-36-42-48-57(60)63-54(50-62-56(59)47-41-35-30-29-33-39-45-53(5)6)49-61-55(58)46-40-34-27-23-19-16-15-18-22-26-32-38-44-52(3)4/h51-54H,7-50H2,1-6H3/t54-/m0/s1. The first-order valence-electron chi connectivity index (χ1n) is 28.1. The molecule has 0 aromatic heterocycles. The molecule has 0 radical (unpaired) electrons. The van der Waals surface area contributed by atoms with Gasteiger partial charge in [0.05, 0.1) is 0 Å². The molecule has 1 atom stereocenters. The lowest BCUT2D eigenvalue weighted by molar-refractivity contribution is -0.167. The van der Waals surface area contributed by atoms with Crippen LogP contribution in [-0.2, 0) is 28.6 Å². The van der Waals surface area contributed by atoms with Gasteiger partial charge >= 0.3 is 17.9 Å². The summed E-state index contributed by atoms with van der Waals surface area (Å²) in [6.45, 7) is 13.7. The van der Waals surface area contributed by atoms with E-state index in [-0.39, 0.29) is 31.1 Å². The van der Waals surface area contributed by atoms with Gasteiger partial charge < -0.3 is 14.2 Å². The molecule has 6 heteroatoms. The number of unbranched alkanes of at least 4 members (excludes halogenated alkanes) is 33. The third kappa shape index (κ3) is 51.3. The first kappa shape index (κ1) is 61.4.